The van der Waals surface area contributed by atoms with Crippen molar-refractivity contribution in [3.05, 3.63) is 30.3 Å². The van der Waals surface area contributed by atoms with Gasteiger partial charge in [0.15, 0.2) is 0 Å². The molecule has 1 heterocycles. The molecule has 0 saturated carbocycles. The lowest BCUT2D eigenvalue weighted by Gasteiger charge is -2.22. The fourth-order valence-electron chi connectivity index (χ4n) is 2.25. The fourth-order valence-corrected chi connectivity index (χ4v) is 3.31. The summed E-state index contributed by atoms with van der Waals surface area (Å²) in [6, 6.07) is 8.02. The van der Waals surface area contributed by atoms with E-state index in [1.54, 1.807) is 18.2 Å². The Labute approximate surface area is 125 Å². The van der Waals surface area contributed by atoms with Gasteiger partial charge in [-0.3, -0.25) is 4.79 Å². The van der Waals surface area contributed by atoms with Crippen LogP contribution in [0.4, 0.5) is 0 Å². The number of benzene rings is 1. The SMILES string of the molecule is O=C(NCCNS(=O)(=O)c1ccccc1)C1CCCCN1. The summed E-state index contributed by atoms with van der Waals surface area (Å²) in [5.74, 6) is -0.0615. The van der Waals surface area contributed by atoms with Crippen molar-refractivity contribution in [1.29, 1.82) is 0 Å². The van der Waals surface area contributed by atoms with Gasteiger partial charge in [0.1, 0.15) is 0 Å². The molecule has 0 aromatic heterocycles. The van der Waals surface area contributed by atoms with Gasteiger partial charge in [-0.15, -0.1) is 0 Å². The molecule has 0 aliphatic carbocycles. The minimum atomic E-state index is -3.50. The third-order valence-corrected chi connectivity index (χ3v) is 4.87. The van der Waals surface area contributed by atoms with Gasteiger partial charge in [0.2, 0.25) is 15.9 Å². The Bertz CT molecular complexity index is 554. The first kappa shape index (κ1) is 15.9. The van der Waals surface area contributed by atoms with Crippen molar-refractivity contribution < 1.29 is 13.2 Å². The Morgan fingerprint density at radius 2 is 1.95 bits per heavy atom. The van der Waals surface area contributed by atoms with Crippen LogP contribution in [0, 0.1) is 0 Å². The minimum Gasteiger partial charge on any atom is -0.353 e. The summed E-state index contributed by atoms with van der Waals surface area (Å²) < 4.78 is 26.4. The maximum absolute atomic E-state index is 11.9. The van der Waals surface area contributed by atoms with Gasteiger partial charge in [-0.1, -0.05) is 24.6 Å². The van der Waals surface area contributed by atoms with Gasteiger partial charge in [-0.25, -0.2) is 13.1 Å². The van der Waals surface area contributed by atoms with Crippen molar-refractivity contribution in [3.63, 3.8) is 0 Å². The van der Waals surface area contributed by atoms with Crippen LogP contribution in [-0.2, 0) is 14.8 Å². The number of piperidine rings is 1. The predicted molar refractivity (Wildman–Crippen MR) is 80.3 cm³/mol. The molecule has 0 bridgehead atoms. The molecule has 6 nitrogen and oxygen atoms in total. The number of nitrogens with one attached hydrogen (secondary N) is 3. The van der Waals surface area contributed by atoms with Gasteiger partial charge >= 0.3 is 0 Å². The molecule has 1 fully saturated rings. The molecule has 1 saturated heterocycles. The summed E-state index contributed by atoms with van der Waals surface area (Å²) in [7, 11) is -3.50. The number of carbonyl (C=O) groups is 1. The van der Waals surface area contributed by atoms with Crippen LogP contribution in [0.15, 0.2) is 35.2 Å². The number of hydrogen-bond donors (Lipinski definition) is 3. The topological polar surface area (TPSA) is 87.3 Å². The molecule has 3 N–H and O–H groups in total. The van der Waals surface area contributed by atoms with E-state index in [2.05, 4.69) is 15.4 Å². The highest BCUT2D eigenvalue weighted by Crippen LogP contribution is 2.07. The van der Waals surface area contributed by atoms with Crippen LogP contribution in [0.25, 0.3) is 0 Å². The van der Waals surface area contributed by atoms with E-state index >= 15 is 0 Å². The molecule has 21 heavy (non-hydrogen) atoms. The highest BCUT2D eigenvalue weighted by atomic mass is 32.2. The molecule has 1 atom stereocenters. The molecule has 2 rings (SSSR count). The van der Waals surface area contributed by atoms with Crippen LogP contribution in [0.1, 0.15) is 19.3 Å². The van der Waals surface area contributed by atoms with Crippen molar-refractivity contribution in [2.24, 2.45) is 0 Å². The molecular weight excluding hydrogens is 290 g/mol. The van der Waals surface area contributed by atoms with Crippen LogP contribution in [0.5, 0.6) is 0 Å². The highest BCUT2D eigenvalue weighted by molar-refractivity contribution is 7.89. The average Bonchev–Trinajstić information content (AvgIpc) is 2.53. The second-order valence-corrected chi connectivity index (χ2v) is 6.77. The molecule has 0 radical (unpaired) electrons. The van der Waals surface area contributed by atoms with Crippen molar-refractivity contribution in [2.75, 3.05) is 19.6 Å². The van der Waals surface area contributed by atoms with Crippen molar-refractivity contribution in [2.45, 2.75) is 30.2 Å². The third-order valence-electron chi connectivity index (χ3n) is 3.40. The van der Waals surface area contributed by atoms with E-state index in [-0.39, 0.29) is 29.9 Å². The molecular formula is C14H21N3O3S. The lowest BCUT2D eigenvalue weighted by molar-refractivity contribution is -0.123. The standard InChI is InChI=1S/C14H21N3O3S/c18-14(13-8-4-5-9-15-13)16-10-11-17-21(19,20)12-6-2-1-3-7-12/h1-3,6-7,13,15,17H,4-5,8-11H2,(H,16,18). The average molecular weight is 311 g/mol. The van der Waals surface area contributed by atoms with Crippen LogP contribution in [0.2, 0.25) is 0 Å². The molecule has 1 amide bonds. The Morgan fingerprint density at radius 1 is 1.19 bits per heavy atom. The molecule has 1 aromatic rings. The van der Waals surface area contributed by atoms with Crippen LogP contribution in [-0.4, -0.2) is 40.0 Å². The van der Waals surface area contributed by atoms with Gasteiger partial charge in [0.25, 0.3) is 0 Å². The number of rotatable bonds is 6. The zero-order valence-electron chi connectivity index (χ0n) is 11.8. The first-order valence-corrected chi connectivity index (χ1v) is 8.64. The number of amides is 1. The van der Waals surface area contributed by atoms with E-state index < -0.39 is 10.0 Å². The first-order chi connectivity index (χ1) is 10.1. The first-order valence-electron chi connectivity index (χ1n) is 7.15. The molecule has 1 aliphatic heterocycles. The summed E-state index contributed by atoms with van der Waals surface area (Å²) in [5, 5.41) is 5.90. The Hall–Kier alpha value is -1.44. The van der Waals surface area contributed by atoms with E-state index in [1.165, 1.54) is 12.1 Å². The number of carbonyl (C=O) groups excluding carboxylic acids is 1. The second kappa shape index (κ2) is 7.53. The van der Waals surface area contributed by atoms with Crippen molar-refractivity contribution >= 4 is 15.9 Å². The van der Waals surface area contributed by atoms with Crippen LogP contribution < -0.4 is 15.4 Å². The lowest BCUT2D eigenvalue weighted by atomic mass is 10.0. The van der Waals surface area contributed by atoms with Gasteiger partial charge < -0.3 is 10.6 Å². The quantitative estimate of drug-likeness (QED) is 0.656. The van der Waals surface area contributed by atoms with Crippen molar-refractivity contribution in [3.8, 4) is 0 Å². The smallest absolute Gasteiger partial charge is 0.240 e. The normalized spacial score (nSPS) is 19.1. The maximum atomic E-state index is 11.9. The summed E-state index contributed by atoms with van der Waals surface area (Å²) in [5.41, 5.74) is 0. The summed E-state index contributed by atoms with van der Waals surface area (Å²) >= 11 is 0. The fraction of sp³-hybridized carbons (Fsp3) is 0.500. The van der Waals surface area contributed by atoms with Gasteiger partial charge in [-0.05, 0) is 31.5 Å². The second-order valence-electron chi connectivity index (χ2n) is 5.00. The molecule has 1 unspecified atom stereocenters. The Morgan fingerprint density at radius 3 is 2.62 bits per heavy atom. The maximum Gasteiger partial charge on any atom is 0.240 e. The Kier molecular flexibility index (Phi) is 5.72. The number of sulfonamides is 1. The molecule has 1 aliphatic rings. The van der Waals surface area contributed by atoms with Gasteiger partial charge in [0, 0.05) is 13.1 Å². The van der Waals surface area contributed by atoms with Crippen LogP contribution in [0.3, 0.4) is 0 Å². The minimum absolute atomic E-state index is 0.0615. The highest BCUT2D eigenvalue weighted by Gasteiger charge is 2.20. The van der Waals surface area contributed by atoms with E-state index in [1.807, 2.05) is 0 Å². The van der Waals surface area contributed by atoms with Gasteiger partial charge in [0.05, 0.1) is 10.9 Å². The zero-order chi connectivity index (χ0) is 15.1. The van der Waals surface area contributed by atoms with E-state index in [0.717, 1.165) is 25.8 Å². The monoisotopic (exact) mass is 311 g/mol. The van der Waals surface area contributed by atoms with E-state index in [4.69, 9.17) is 0 Å². The predicted octanol–water partition coefficient (Wildman–Crippen LogP) is 0.223. The number of hydrogen-bond acceptors (Lipinski definition) is 4. The van der Waals surface area contributed by atoms with E-state index in [0.29, 0.717) is 0 Å². The lowest BCUT2D eigenvalue weighted by Crippen LogP contribution is -2.48. The molecule has 116 valence electrons. The zero-order valence-corrected chi connectivity index (χ0v) is 12.7. The summed E-state index contributed by atoms with van der Waals surface area (Å²) in [4.78, 5) is 12.1. The van der Waals surface area contributed by atoms with E-state index in [9.17, 15) is 13.2 Å². The molecule has 7 heteroatoms. The Balaban J connectivity index is 1.73. The third kappa shape index (κ3) is 4.80. The van der Waals surface area contributed by atoms with Crippen LogP contribution >= 0.6 is 0 Å². The summed E-state index contributed by atoms with van der Waals surface area (Å²) in [6.07, 6.45) is 2.98. The largest absolute Gasteiger partial charge is 0.353 e. The summed E-state index contributed by atoms with van der Waals surface area (Å²) in [6.45, 7) is 1.32. The van der Waals surface area contributed by atoms with Gasteiger partial charge in [-0.2, -0.15) is 0 Å². The van der Waals surface area contributed by atoms with Crippen molar-refractivity contribution in [1.82, 2.24) is 15.4 Å². The molecule has 1 aromatic carbocycles. The molecule has 0 spiro atoms.